The summed E-state index contributed by atoms with van der Waals surface area (Å²) in [6, 6.07) is 23.2. The number of rotatable bonds is 8. The van der Waals surface area contributed by atoms with E-state index in [0.717, 1.165) is 5.69 Å². The molecule has 38 heavy (non-hydrogen) atoms. The first-order valence-corrected chi connectivity index (χ1v) is 11.7. The van der Waals surface area contributed by atoms with Gasteiger partial charge >= 0.3 is 0 Å². The van der Waals surface area contributed by atoms with Crippen molar-refractivity contribution in [2.75, 3.05) is 0 Å². The van der Waals surface area contributed by atoms with E-state index in [0.29, 0.717) is 27.5 Å². The molecule has 4 rings (SSSR count). The highest BCUT2D eigenvalue weighted by molar-refractivity contribution is 6.32. The topological polar surface area (TPSA) is 132 Å². The first-order chi connectivity index (χ1) is 18.3. The van der Waals surface area contributed by atoms with Crippen LogP contribution in [0.15, 0.2) is 95.7 Å². The third-order valence-corrected chi connectivity index (χ3v) is 5.69. The minimum atomic E-state index is -0.749. The molecule has 0 fully saturated rings. The summed E-state index contributed by atoms with van der Waals surface area (Å²) in [4.78, 5) is 36.4. The highest BCUT2D eigenvalue weighted by atomic mass is 35.5. The summed E-state index contributed by atoms with van der Waals surface area (Å²) in [5.74, 6) is -1.29. The van der Waals surface area contributed by atoms with Gasteiger partial charge in [0.15, 0.2) is 0 Å². The third-order valence-electron chi connectivity index (χ3n) is 5.33. The van der Waals surface area contributed by atoms with Crippen LogP contribution in [0, 0.1) is 17.0 Å². The molecule has 0 atom stereocenters. The number of nitrogens with zero attached hydrogens (tertiary/aromatic N) is 4. The summed E-state index contributed by atoms with van der Waals surface area (Å²) in [5.41, 5.74) is 4.54. The molecule has 4 aromatic rings. The van der Waals surface area contributed by atoms with E-state index in [4.69, 9.17) is 11.6 Å². The predicted molar refractivity (Wildman–Crippen MR) is 144 cm³/mol. The van der Waals surface area contributed by atoms with Gasteiger partial charge in [-0.2, -0.15) is 10.2 Å². The van der Waals surface area contributed by atoms with E-state index >= 15 is 0 Å². The lowest BCUT2D eigenvalue weighted by Crippen LogP contribution is -2.32. The predicted octanol–water partition coefficient (Wildman–Crippen LogP) is 4.66. The van der Waals surface area contributed by atoms with Crippen LogP contribution < -0.4 is 10.7 Å². The molecule has 190 valence electrons. The van der Waals surface area contributed by atoms with Crippen molar-refractivity contribution in [2.45, 2.75) is 6.92 Å². The number of amides is 2. The maximum atomic E-state index is 13.0. The molecule has 0 spiro atoms. The Morgan fingerprint density at radius 2 is 1.71 bits per heavy atom. The van der Waals surface area contributed by atoms with Crippen LogP contribution in [0.3, 0.4) is 0 Å². The van der Waals surface area contributed by atoms with Gasteiger partial charge in [-0.05, 0) is 42.8 Å². The number of para-hydroxylation sites is 1. The first-order valence-electron chi connectivity index (χ1n) is 11.3. The summed E-state index contributed by atoms with van der Waals surface area (Å²) in [6.45, 7) is 1.75. The van der Waals surface area contributed by atoms with Crippen LogP contribution in [0.5, 0.6) is 0 Å². The third kappa shape index (κ3) is 6.18. The number of nitro groups is 1. The number of aryl methyl sites for hydroxylation is 1. The molecule has 0 bridgehead atoms. The van der Waals surface area contributed by atoms with Crippen LogP contribution in [-0.2, 0) is 4.79 Å². The molecule has 1 heterocycles. The van der Waals surface area contributed by atoms with Crippen LogP contribution in [0.4, 0.5) is 5.69 Å². The second-order valence-corrected chi connectivity index (χ2v) is 8.32. The van der Waals surface area contributed by atoms with E-state index in [9.17, 15) is 19.7 Å². The normalized spacial score (nSPS) is 11.4. The fourth-order valence-corrected chi connectivity index (χ4v) is 3.77. The number of hydrogen-bond acceptors (Lipinski definition) is 6. The Morgan fingerprint density at radius 3 is 2.39 bits per heavy atom. The SMILES string of the molecule is Cc1nn(-c2ccccc2)c(Cl)c1/C=N/NC(=O)/C(=C/c1cccc([N+](=O)[O-])c1)NC(=O)c1ccccc1. The average Bonchev–Trinajstić information content (AvgIpc) is 3.22. The Kier molecular flexibility index (Phi) is 8.04. The number of non-ortho nitro benzene ring substituents is 1. The van der Waals surface area contributed by atoms with Crippen molar-refractivity contribution in [3.05, 3.63) is 128 Å². The van der Waals surface area contributed by atoms with Gasteiger partial charge in [0.1, 0.15) is 10.9 Å². The molecule has 2 N–H and O–H groups in total. The Labute approximate surface area is 222 Å². The van der Waals surface area contributed by atoms with Gasteiger partial charge in [-0.3, -0.25) is 19.7 Å². The Morgan fingerprint density at radius 1 is 1.03 bits per heavy atom. The first kappa shape index (κ1) is 26.0. The molecule has 1 aromatic heterocycles. The van der Waals surface area contributed by atoms with E-state index in [1.165, 1.54) is 30.5 Å². The van der Waals surface area contributed by atoms with Crippen molar-refractivity contribution in [2.24, 2.45) is 5.10 Å². The number of nitrogens with one attached hydrogen (secondary N) is 2. The number of hydrogen-bond donors (Lipinski definition) is 2. The maximum Gasteiger partial charge on any atom is 0.287 e. The molecule has 0 aliphatic heterocycles. The zero-order chi connectivity index (χ0) is 27.1. The van der Waals surface area contributed by atoms with E-state index in [1.54, 1.807) is 48.0 Å². The summed E-state index contributed by atoms with van der Waals surface area (Å²) in [7, 11) is 0. The number of benzene rings is 3. The molecule has 0 aliphatic carbocycles. The Hall–Kier alpha value is -5.09. The van der Waals surface area contributed by atoms with Gasteiger partial charge in [-0.15, -0.1) is 0 Å². The summed E-state index contributed by atoms with van der Waals surface area (Å²) < 4.78 is 1.55. The maximum absolute atomic E-state index is 13.0. The van der Waals surface area contributed by atoms with E-state index < -0.39 is 16.7 Å². The van der Waals surface area contributed by atoms with Crippen molar-refractivity contribution >= 4 is 41.4 Å². The van der Waals surface area contributed by atoms with Crippen LogP contribution in [0.1, 0.15) is 27.2 Å². The molecule has 3 aromatic carbocycles. The number of aromatic nitrogens is 2. The van der Waals surface area contributed by atoms with Crippen molar-refractivity contribution in [3.63, 3.8) is 0 Å². The fraction of sp³-hybridized carbons (Fsp3) is 0.0370. The van der Waals surface area contributed by atoms with Crippen molar-refractivity contribution in [3.8, 4) is 5.69 Å². The minimum absolute atomic E-state index is 0.161. The van der Waals surface area contributed by atoms with Crippen molar-refractivity contribution < 1.29 is 14.5 Å². The van der Waals surface area contributed by atoms with Gasteiger partial charge < -0.3 is 5.32 Å². The zero-order valence-corrected chi connectivity index (χ0v) is 20.8. The van der Waals surface area contributed by atoms with Gasteiger partial charge in [0.2, 0.25) is 0 Å². The highest BCUT2D eigenvalue weighted by Gasteiger charge is 2.16. The lowest BCUT2D eigenvalue weighted by molar-refractivity contribution is -0.384. The second kappa shape index (κ2) is 11.8. The average molecular weight is 529 g/mol. The number of halogens is 1. The summed E-state index contributed by atoms with van der Waals surface area (Å²) in [5, 5.41) is 22.4. The van der Waals surface area contributed by atoms with Crippen LogP contribution >= 0.6 is 11.6 Å². The van der Waals surface area contributed by atoms with Gasteiger partial charge in [-0.1, -0.05) is 60.1 Å². The number of carbonyl (C=O) groups excluding carboxylic acids is 2. The van der Waals surface area contributed by atoms with Crippen LogP contribution in [-0.4, -0.2) is 32.7 Å². The van der Waals surface area contributed by atoms with Crippen LogP contribution in [0.2, 0.25) is 5.15 Å². The standard InChI is InChI=1S/C27H21ClN6O4/c1-18-23(25(28)33(32-18)21-12-6-3-7-13-21)17-29-31-27(36)24(30-26(35)20-10-4-2-5-11-20)16-19-9-8-14-22(15-19)34(37)38/h2-17H,1H3,(H,30,35)(H,31,36)/b24-16-,29-17+. The Balaban J connectivity index is 1.59. The van der Waals surface area contributed by atoms with Gasteiger partial charge in [0.05, 0.1) is 28.1 Å². The van der Waals surface area contributed by atoms with E-state index in [2.05, 4.69) is 20.9 Å². The minimum Gasteiger partial charge on any atom is -0.317 e. The molecule has 2 amide bonds. The molecule has 0 unspecified atom stereocenters. The zero-order valence-electron chi connectivity index (χ0n) is 20.0. The smallest absolute Gasteiger partial charge is 0.287 e. The van der Waals surface area contributed by atoms with E-state index in [-0.39, 0.29) is 11.4 Å². The monoisotopic (exact) mass is 528 g/mol. The largest absolute Gasteiger partial charge is 0.317 e. The molecule has 0 saturated heterocycles. The van der Waals surface area contributed by atoms with Gasteiger partial charge in [-0.25, -0.2) is 10.1 Å². The highest BCUT2D eigenvalue weighted by Crippen LogP contribution is 2.22. The van der Waals surface area contributed by atoms with Gasteiger partial charge in [0.25, 0.3) is 17.5 Å². The second-order valence-electron chi connectivity index (χ2n) is 7.97. The van der Waals surface area contributed by atoms with Crippen molar-refractivity contribution in [1.82, 2.24) is 20.5 Å². The summed E-state index contributed by atoms with van der Waals surface area (Å²) in [6.07, 6.45) is 2.68. The molecule has 11 heteroatoms. The number of nitro benzene ring substituents is 1. The lowest BCUT2D eigenvalue weighted by Gasteiger charge is -2.09. The molecular weight excluding hydrogens is 508 g/mol. The lowest BCUT2D eigenvalue weighted by atomic mass is 10.1. The Bertz CT molecular complexity index is 1550. The molecule has 10 nitrogen and oxygen atoms in total. The fourth-order valence-electron chi connectivity index (χ4n) is 3.45. The number of hydrazone groups is 1. The molecule has 0 aliphatic rings. The molecule has 0 radical (unpaired) electrons. The number of carbonyl (C=O) groups is 2. The van der Waals surface area contributed by atoms with Crippen LogP contribution in [0.25, 0.3) is 11.8 Å². The molecule has 0 saturated carbocycles. The van der Waals surface area contributed by atoms with Gasteiger partial charge in [0, 0.05) is 17.7 Å². The van der Waals surface area contributed by atoms with E-state index in [1.807, 2.05) is 30.3 Å². The molecular formula is C27H21ClN6O4. The summed E-state index contributed by atoms with van der Waals surface area (Å²) >= 11 is 6.50. The van der Waals surface area contributed by atoms with Crippen molar-refractivity contribution in [1.29, 1.82) is 0 Å². The quantitative estimate of drug-likeness (QED) is 0.148.